The van der Waals surface area contributed by atoms with E-state index in [1.165, 1.54) is 22.5 Å². The van der Waals surface area contributed by atoms with E-state index in [0.29, 0.717) is 19.6 Å². The summed E-state index contributed by atoms with van der Waals surface area (Å²) in [4.78, 5) is 0.0200. The first-order valence-corrected chi connectivity index (χ1v) is 6.93. The first kappa shape index (κ1) is 12.5. The molecule has 1 unspecified atom stereocenters. The molecule has 1 N–H and O–H groups in total. The van der Waals surface area contributed by atoms with Crippen molar-refractivity contribution in [1.82, 2.24) is 9.62 Å². The molecule has 0 bridgehead atoms. The van der Waals surface area contributed by atoms with Crippen molar-refractivity contribution in [1.29, 1.82) is 0 Å². The maximum atomic E-state index is 13.0. The molecule has 0 aromatic heterocycles. The highest BCUT2D eigenvalue weighted by molar-refractivity contribution is 7.89. The van der Waals surface area contributed by atoms with Crippen molar-refractivity contribution in [3.05, 3.63) is 30.1 Å². The summed E-state index contributed by atoms with van der Waals surface area (Å²) in [5, 5.41) is 3.17. The van der Waals surface area contributed by atoms with Gasteiger partial charge in [-0.05, 0) is 25.1 Å². The molecule has 0 radical (unpaired) electrons. The lowest BCUT2D eigenvalue weighted by molar-refractivity contribution is 0.310. The van der Waals surface area contributed by atoms with Gasteiger partial charge in [-0.1, -0.05) is 6.07 Å². The summed E-state index contributed by atoms with van der Waals surface area (Å²) < 4.78 is 38.9. The third kappa shape index (κ3) is 2.65. The van der Waals surface area contributed by atoms with Crippen molar-refractivity contribution in [3.63, 3.8) is 0 Å². The van der Waals surface area contributed by atoms with Crippen LogP contribution in [0.5, 0.6) is 0 Å². The largest absolute Gasteiger partial charge is 0.312 e. The Morgan fingerprint density at radius 1 is 1.47 bits per heavy atom. The average molecular weight is 258 g/mol. The lowest BCUT2D eigenvalue weighted by atomic mass is 10.3. The Morgan fingerprint density at radius 3 is 2.88 bits per heavy atom. The molecule has 0 spiro atoms. The maximum absolute atomic E-state index is 13.0. The lowest BCUT2D eigenvalue weighted by Gasteiger charge is -2.30. The van der Waals surface area contributed by atoms with Gasteiger partial charge in [0, 0.05) is 25.7 Å². The van der Waals surface area contributed by atoms with Crippen LogP contribution < -0.4 is 5.32 Å². The molecule has 1 aliphatic rings. The molecule has 1 aliphatic heterocycles. The smallest absolute Gasteiger partial charge is 0.243 e. The lowest BCUT2D eigenvalue weighted by Crippen LogP contribution is -2.51. The normalized spacial score (nSPS) is 22.6. The highest BCUT2D eigenvalue weighted by Gasteiger charge is 2.28. The zero-order valence-electron chi connectivity index (χ0n) is 9.56. The number of nitrogens with zero attached hydrogens (tertiary/aromatic N) is 1. The van der Waals surface area contributed by atoms with Crippen molar-refractivity contribution in [2.75, 3.05) is 19.6 Å². The molecule has 17 heavy (non-hydrogen) atoms. The van der Waals surface area contributed by atoms with Crippen LogP contribution in [0.15, 0.2) is 29.2 Å². The second-order valence-corrected chi connectivity index (χ2v) is 6.11. The number of hydrogen-bond donors (Lipinski definition) is 1. The Kier molecular flexibility index (Phi) is 3.46. The SMILES string of the molecule is CC1CN(S(=O)(=O)c2cccc(F)c2)CCN1. The van der Waals surface area contributed by atoms with E-state index in [2.05, 4.69) is 5.32 Å². The quantitative estimate of drug-likeness (QED) is 0.854. The third-order valence-corrected chi connectivity index (χ3v) is 4.63. The summed E-state index contributed by atoms with van der Waals surface area (Å²) in [6, 6.07) is 5.24. The molecule has 1 aromatic carbocycles. The molecule has 0 amide bonds. The van der Waals surface area contributed by atoms with Gasteiger partial charge in [0.25, 0.3) is 0 Å². The summed E-state index contributed by atoms with van der Waals surface area (Å²) in [7, 11) is -3.56. The van der Waals surface area contributed by atoms with Crippen LogP contribution in [0, 0.1) is 5.82 Å². The van der Waals surface area contributed by atoms with Crippen LogP contribution in [0.1, 0.15) is 6.92 Å². The van der Waals surface area contributed by atoms with E-state index in [9.17, 15) is 12.8 Å². The predicted octanol–water partition coefficient (Wildman–Crippen LogP) is 0.808. The fourth-order valence-electron chi connectivity index (χ4n) is 1.89. The van der Waals surface area contributed by atoms with Crippen LogP contribution in [-0.4, -0.2) is 38.4 Å². The second-order valence-electron chi connectivity index (χ2n) is 4.18. The zero-order valence-corrected chi connectivity index (χ0v) is 10.4. The van der Waals surface area contributed by atoms with Crippen molar-refractivity contribution in [2.24, 2.45) is 0 Å². The van der Waals surface area contributed by atoms with E-state index in [1.54, 1.807) is 0 Å². The summed E-state index contributed by atoms with van der Waals surface area (Å²) in [6.07, 6.45) is 0. The molecule has 6 heteroatoms. The fourth-order valence-corrected chi connectivity index (χ4v) is 3.45. The van der Waals surface area contributed by atoms with Crippen LogP contribution in [-0.2, 0) is 10.0 Å². The molecule has 0 saturated carbocycles. The van der Waals surface area contributed by atoms with E-state index in [-0.39, 0.29) is 10.9 Å². The molecule has 1 fully saturated rings. The summed E-state index contributed by atoms with van der Waals surface area (Å²) in [5.74, 6) is -0.533. The Labute approximate surface area is 100 Å². The molecule has 1 saturated heterocycles. The number of rotatable bonds is 2. The monoisotopic (exact) mass is 258 g/mol. The Bertz CT molecular complexity index is 504. The Balaban J connectivity index is 2.29. The molecule has 4 nitrogen and oxygen atoms in total. The van der Waals surface area contributed by atoms with Gasteiger partial charge < -0.3 is 5.32 Å². The number of halogens is 1. The molecular weight excluding hydrogens is 243 g/mol. The van der Waals surface area contributed by atoms with Crippen LogP contribution in [0.4, 0.5) is 4.39 Å². The second kappa shape index (κ2) is 4.72. The van der Waals surface area contributed by atoms with Crippen molar-refractivity contribution >= 4 is 10.0 Å². The average Bonchev–Trinajstić information content (AvgIpc) is 2.29. The van der Waals surface area contributed by atoms with Crippen molar-refractivity contribution < 1.29 is 12.8 Å². The van der Waals surface area contributed by atoms with E-state index in [4.69, 9.17) is 0 Å². The Hall–Kier alpha value is -0.980. The van der Waals surface area contributed by atoms with Gasteiger partial charge in [-0.25, -0.2) is 12.8 Å². The molecular formula is C11H15FN2O2S. The van der Waals surface area contributed by atoms with Gasteiger partial charge in [-0.15, -0.1) is 0 Å². The molecule has 2 rings (SSSR count). The molecule has 1 aromatic rings. The van der Waals surface area contributed by atoms with Gasteiger partial charge in [-0.2, -0.15) is 4.31 Å². The topological polar surface area (TPSA) is 49.4 Å². The molecule has 94 valence electrons. The van der Waals surface area contributed by atoms with Crippen LogP contribution >= 0.6 is 0 Å². The Morgan fingerprint density at radius 2 is 2.24 bits per heavy atom. The number of nitrogens with one attached hydrogen (secondary N) is 1. The van der Waals surface area contributed by atoms with Gasteiger partial charge in [0.05, 0.1) is 4.90 Å². The van der Waals surface area contributed by atoms with E-state index in [1.807, 2.05) is 6.92 Å². The number of sulfonamides is 1. The highest BCUT2D eigenvalue weighted by Crippen LogP contribution is 2.17. The van der Waals surface area contributed by atoms with Crippen LogP contribution in [0.2, 0.25) is 0 Å². The maximum Gasteiger partial charge on any atom is 0.243 e. The highest BCUT2D eigenvalue weighted by atomic mass is 32.2. The molecule has 1 heterocycles. The number of piperazine rings is 1. The third-order valence-electron chi connectivity index (χ3n) is 2.77. The first-order chi connectivity index (χ1) is 8.00. The predicted molar refractivity (Wildman–Crippen MR) is 62.6 cm³/mol. The summed E-state index contributed by atoms with van der Waals surface area (Å²) in [5.41, 5.74) is 0. The fraction of sp³-hybridized carbons (Fsp3) is 0.455. The van der Waals surface area contributed by atoms with Crippen molar-refractivity contribution in [2.45, 2.75) is 17.9 Å². The van der Waals surface area contributed by atoms with Gasteiger partial charge >= 0.3 is 0 Å². The van der Waals surface area contributed by atoms with E-state index >= 15 is 0 Å². The van der Waals surface area contributed by atoms with E-state index < -0.39 is 15.8 Å². The minimum absolute atomic E-state index is 0.0200. The summed E-state index contributed by atoms with van der Waals surface area (Å²) >= 11 is 0. The van der Waals surface area contributed by atoms with Crippen LogP contribution in [0.3, 0.4) is 0 Å². The number of benzene rings is 1. The summed E-state index contributed by atoms with van der Waals surface area (Å²) in [6.45, 7) is 3.38. The van der Waals surface area contributed by atoms with Crippen LogP contribution in [0.25, 0.3) is 0 Å². The molecule has 0 aliphatic carbocycles. The molecule has 1 atom stereocenters. The minimum atomic E-state index is -3.56. The van der Waals surface area contributed by atoms with Gasteiger partial charge in [0.15, 0.2) is 0 Å². The van der Waals surface area contributed by atoms with Gasteiger partial charge in [-0.3, -0.25) is 0 Å². The zero-order chi connectivity index (χ0) is 12.5. The standard InChI is InChI=1S/C11H15FN2O2S/c1-9-8-14(6-5-13-9)17(15,16)11-4-2-3-10(12)7-11/h2-4,7,9,13H,5-6,8H2,1H3. The number of hydrogen-bond acceptors (Lipinski definition) is 3. The van der Waals surface area contributed by atoms with Gasteiger partial charge in [0.2, 0.25) is 10.0 Å². The van der Waals surface area contributed by atoms with Crippen molar-refractivity contribution in [3.8, 4) is 0 Å². The minimum Gasteiger partial charge on any atom is -0.312 e. The van der Waals surface area contributed by atoms with Gasteiger partial charge in [0.1, 0.15) is 5.82 Å². The first-order valence-electron chi connectivity index (χ1n) is 5.49. The van der Waals surface area contributed by atoms with E-state index in [0.717, 1.165) is 6.07 Å².